The SMILES string of the molecule is CNC(=O)CCCNC(CCO)C(C)C. The fraction of sp³-hybridized carbons (Fsp3) is 0.909. The van der Waals surface area contributed by atoms with E-state index >= 15 is 0 Å². The van der Waals surface area contributed by atoms with E-state index in [2.05, 4.69) is 24.5 Å². The van der Waals surface area contributed by atoms with Crippen LogP contribution in [0.4, 0.5) is 0 Å². The van der Waals surface area contributed by atoms with E-state index in [0.717, 1.165) is 19.4 Å². The minimum Gasteiger partial charge on any atom is -0.396 e. The number of carbonyl (C=O) groups excluding carboxylic acids is 1. The lowest BCUT2D eigenvalue weighted by Gasteiger charge is -2.21. The highest BCUT2D eigenvalue weighted by Crippen LogP contribution is 2.05. The quantitative estimate of drug-likeness (QED) is 0.518. The molecule has 0 aromatic heterocycles. The van der Waals surface area contributed by atoms with Crippen molar-refractivity contribution in [1.82, 2.24) is 10.6 Å². The topological polar surface area (TPSA) is 61.4 Å². The first-order chi connectivity index (χ1) is 7.11. The average Bonchev–Trinajstić information content (AvgIpc) is 2.21. The Labute approximate surface area is 92.4 Å². The predicted molar refractivity (Wildman–Crippen MR) is 61.6 cm³/mol. The van der Waals surface area contributed by atoms with Gasteiger partial charge >= 0.3 is 0 Å². The Hall–Kier alpha value is -0.610. The van der Waals surface area contributed by atoms with E-state index in [0.29, 0.717) is 18.4 Å². The van der Waals surface area contributed by atoms with Crippen molar-refractivity contribution in [2.45, 2.75) is 39.2 Å². The van der Waals surface area contributed by atoms with Gasteiger partial charge in [0.05, 0.1) is 0 Å². The molecule has 0 saturated carbocycles. The number of rotatable bonds is 8. The normalized spacial score (nSPS) is 12.9. The standard InChI is InChI=1S/C11H24N2O2/c1-9(2)10(6-8-14)13-7-4-5-11(15)12-3/h9-10,13-14H,4-8H2,1-3H3,(H,12,15). The van der Waals surface area contributed by atoms with Crippen LogP contribution in [-0.4, -0.2) is 37.3 Å². The van der Waals surface area contributed by atoms with Gasteiger partial charge in [-0.15, -0.1) is 0 Å². The van der Waals surface area contributed by atoms with Gasteiger partial charge in [0.25, 0.3) is 0 Å². The molecule has 15 heavy (non-hydrogen) atoms. The average molecular weight is 216 g/mol. The minimum absolute atomic E-state index is 0.0834. The summed E-state index contributed by atoms with van der Waals surface area (Å²) >= 11 is 0. The third-order valence-electron chi connectivity index (χ3n) is 2.51. The summed E-state index contributed by atoms with van der Waals surface area (Å²) in [7, 11) is 1.65. The summed E-state index contributed by atoms with van der Waals surface area (Å²) in [6.45, 7) is 5.31. The van der Waals surface area contributed by atoms with Crippen LogP contribution in [0.5, 0.6) is 0 Å². The van der Waals surface area contributed by atoms with Crippen LogP contribution in [0.3, 0.4) is 0 Å². The summed E-state index contributed by atoms with van der Waals surface area (Å²) in [5.41, 5.74) is 0. The highest BCUT2D eigenvalue weighted by atomic mass is 16.3. The van der Waals surface area contributed by atoms with Crippen LogP contribution in [0.15, 0.2) is 0 Å². The Bertz CT molecular complexity index is 172. The lowest BCUT2D eigenvalue weighted by Crippen LogP contribution is -2.35. The van der Waals surface area contributed by atoms with Gasteiger partial charge < -0.3 is 15.7 Å². The van der Waals surface area contributed by atoms with Gasteiger partial charge in [0.15, 0.2) is 0 Å². The van der Waals surface area contributed by atoms with E-state index in [9.17, 15) is 4.79 Å². The molecule has 3 N–H and O–H groups in total. The van der Waals surface area contributed by atoms with Gasteiger partial charge in [0.2, 0.25) is 5.91 Å². The molecule has 0 aromatic rings. The smallest absolute Gasteiger partial charge is 0.219 e. The number of hydrogen-bond acceptors (Lipinski definition) is 3. The van der Waals surface area contributed by atoms with Crippen LogP contribution >= 0.6 is 0 Å². The zero-order valence-electron chi connectivity index (χ0n) is 10.0. The summed E-state index contributed by atoms with van der Waals surface area (Å²) in [6.07, 6.45) is 2.18. The van der Waals surface area contributed by atoms with Gasteiger partial charge in [-0.2, -0.15) is 0 Å². The molecule has 1 atom stereocenters. The maximum absolute atomic E-state index is 10.9. The predicted octanol–water partition coefficient (Wildman–Crippen LogP) is 0.509. The molecule has 0 saturated heterocycles. The summed E-state index contributed by atoms with van der Waals surface area (Å²) in [5, 5.41) is 14.8. The van der Waals surface area contributed by atoms with Gasteiger partial charge in [0, 0.05) is 26.1 Å². The molecular weight excluding hydrogens is 192 g/mol. The monoisotopic (exact) mass is 216 g/mol. The van der Waals surface area contributed by atoms with E-state index in [4.69, 9.17) is 5.11 Å². The Kier molecular flexibility index (Phi) is 8.33. The molecule has 0 bridgehead atoms. The van der Waals surface area contributed by atoms with Crippen molar-refractivity contribution < 1.29 is 9.90 Å². The number of carbonyl (C=O) groups is 1. The number of nitrogens with one attached hydrogen (secondary N) is 2. The van der Waals surface area contributed by atoms with Crippen molar-refractivity contribution in [2.24, 2.45) is 5.92 Å². The Morgan fingerprint density at radius 1 is 1.40 bits per heavy atom. The first-order valence-electron chi connectivity index (χ1n) is 5.66. The van der Waals surface area contributed by atoms with Crippen LogP contribution in [-0.2, 0) is 4.79 Å². The van der Waals surface area contributed by atoms with Gasteiger partial charge in [-0.1, -0.05) is 13.8 Å². The fourth-order valence-corrected chi connectivity index (χ4v) is 1.47. The zero-order chi connectivity index (χ0) is 11.7. The number of aliphatic hydroxyl groups excluding tert-OH is 1. The van der Waals surface area contributed by atoms with E-state index < -0.39 is 0 Å². The van der Waals surface area contributed by atoms with Gasteiger partial charge in [0.1, 0.15) is 0 Å². The fourth-order valence-electron chi connectivity index (χ4n) is 1.47. The molecular formula is C11H24N2O2. The van der Waals surface area contributed by atoms with E-state index in [-0.39, 0.29) is 12.5 Å². The second-order valence-electron chi connectivity index (χ2n) is 4.09. The Balaban J connectivity index is 3.57. The molecule has 0 aliphatic carbocycles. The van der Waals surface area contributed by atoms with Crippen molar-refractivity contribution in [1.29, 1.82) is 0 Å². The van der Waals surface area contributed by atoms with Crippen LogP contribution in [0, 0.1) is 5.92 Å². The first-order valence-corrected chi connectivity index (χ1v) is 5.66. The molecule has 0 fully saturated rings. The number of aliphatic hydroxyl groups is 1. The highest BCUT2D eigenvalue weighted by Gasteiger charge is 2.11. The highest BCUT2D eigenvalue weighted by molar-refractivity contribution is 5.75. The summed E-state index contributed by atoms with van der Waals surface area (Å²) in [6, 6.07) is 0.347. The molecule has 1 unspecified atom stereocenters. The van der Waals surface area contributed by atoms with Gasteiger partial charge in [-0.05, 0) is 25.3 Å². The molecule has 4 nitrogen and oxygen atoms in total. The lowest BCUT2D eigenvalue weighted by atomic mass is 10.0. The van der Waals surface area contributed by atoms with Crippen molar-refractivity contribution in [2.75, 3.05) is 20.2 Å². The molecule has 0 aliphatic rings. The van der Waals surface area contributed by atoms with Crippen molar-refractivity contribution >= 4 is 5.91 Å². The second-order valence-corrected chi connectivity index (χ2v) is 4.09. The molecule has 0 aliphatic heterocycles. The van der Waals surface area contributed by atoms with Crippen LogP contribution < -0.4 is 10.6 Å². The van der Waals surface area contributed by atoms with Crippen LogP contribution in [0.25, 0.3) is 0 Å². The van der Waals surface area contributed by atoms with E-state index in [1.807, 2.05) is 0 Å². The molecule has 4 heteroatoms. The maximum Gasteiger partial charge on any atom is 0.219 e. The van der Waals surface area contributed by atoms with Crippen LogP contribution in [0.1, 0.15) is 33.1 Å². The Morgan fingerprint density at radius 2 is 2.07 bits per heavy atom. The zero-order valence-corrected chi connectivity index (χ0v) is 10.0. The third kappa shape index (κ3) is 7.33. The lowest BCUT2D eigenvalue weighted by molar-refractivity contribution is -0.120. The second kappa shape index (κ2) is 8.68. The van der Waals surface area contributed by atoms with Gasteiger partial charge in [-0.25, -0.2) is 0 Å². The van der Waals surface area contributed by atoms with E-state index in [1.54, 1.807) is 7.05 Å². The minimum atomic E-state index is 0.0834. The summed E-state index contributed by atoms with van der Waals surface area (Å²) in [5.74, 6) is 0.595. The molecule has 0 aromatic carbocycles. The molecule has 1 amide bonds. The number of amides is 1. The van der Waals surface area contributed by atoms with Crippen LogP contribution in [0.2, 0.25) is 0 Å². The van der Waals surface area contributed by atoms with Crippen molar-refractivity contribution in [3.05, 3.63) is 0 Å². The third-order valence-corrected chi connectivity index (χ3v) is 2.51. The van der Waals surface area contributed by atoms with Crippen molar-refractivity contribution in [3.8, 4) is 0 Å². The van der Waals surface area contributed by atoms with E-state index in [1.165, 1.54) is 0 Å². The molecule has 90 valence electrons. The molecule has 0 radical (unpaired) electrons. The van der Waals surface area contributed by atoms with Gasteiger partial charge in [-0.3, -0.25) is 4.79 Å². The maximum atomic E-state index is 10.9. The molecule has 0 spiro atoms. The summed E-state index contributed by atoms with van der Waals surface area (Å²) < 4.78 is 0. The summed E-state index contributed by atoms with van der Waals surface area (Å²) in [4.78, 5) is 10.9. The Morgan fingerprint density at radius 3 is 2.53 bits per heavy atom. The number of hydrogen-bond donors (Lipinski definition) is 3. The molecule has 0 rings (SSSR count). The largest absolute Gasteiger partial charge is 0.396 e. The first kappa shape index (κ1) is 14.4. The molecule has 0 heterocycles. The van der Waals surface area contributed by atoms with Crippen molar-refractivity contribution in [3.63, 3.8) is 0 Å².